The number of hydrogen-bond donors (Lipinski definition) is 2. The number of nitrogens with one attached hydrogen (secondary N) is 1. The van der Waals surface area contributed by atoms with Crippen LogP contribution in [-0.2, 0) is 11.2 Å². The van der Waals surface area contributed by atoms with E-state index in [0.717, 1.165) is 17.7 Å². The van der Waals surface area contributed by atoms with Gasteiger partial charge in [0.05, 0.1) is 24.3 Å². The van der Waals surface area contributed by atoms with Gasteiger partial charge in [0, 0.05) is 12.5 Å². The molecule has 0 fully saturated rings. The smallest absolute Gasteiger partial charge is 0.392 e. The fraction of sp³-hybridized carbons (Fsp3) is 0.263. The van der Waals surface area contributed by atoms with E-state index >= 15 is 0 Å². The molecule has 28 heavy (non-hydrogen) atoms. The topological polar surface area (TPSA) is 75.6 Å². The minimum atomic E-state index is -4.41. The van der Waals surface area contributed by atoms with Gasteiger partial charge in [-0.1, -0.05) is 12.1 Å². The van der Waals surface area contributed by atoms with Gasteiger partial charge in [-0.3, -0.25) is 4.79 Å². The highest BCUT2D eigenvalue weighted by atomic mass is 19.4. The van der Waals surface area contributed by atoms with Gasteiger partial charge in [0.15, 0.2) is 0 Å². The number of carboxylic acids is 1. The Bertz CT molecular complexity index is 835. The van der Waals surface area contributed by atoms with Crippen molar-refractivity contribution < 1.29 is 37.0 Å². The van der Waals surface area contributed by atoms with Gasteiger partial charge in [0.2, 0.25) is 5.91 Å². The van der Waals surface area contributed by atoms with E-state index in [0.29, 0.717) is 6.42 Å². The number of carboxylic acid groups (broad SMARTS) is 1. The number of halogens is 4. The minimum absolute atomic E-state index is 0.0335. The van der Waals surface area contributed by atoms with Crippen molar-refractivity contribution in [3.8, 4) is 5.75 Å². The monoisotopic (exact) mass is 399 g/mol. The van der Waals surface area contributed by atoms with Crippen LogP contribution in [0.2, 0.25) is 0 Å². The van der Waals surface area contributed by atoms with E-state index in [1.165, 1.54) is 18.2 Å². The second kappa shape index (κ2) is 9.20. The fourth-order valence-electron chi connectivity index (χ4n) is 2.28. The molecule has 0 aliphatic rings. The summed E-state index contributed by atoms with van der Waals surface area (Å²) in [6.07, 6.45) is -5.26. The zero-order valence-corrected chi connectivity index (χ0v) is 14.6. The molecule has 5 nitrogen and oxygen atoms in total. The van der Waals surface area contributed by atoms with Gasteiger partial charge in [0.1, 0.15) is 11.6 Å². The highest BCUT2D eigenvalue weighted by Crippen LogP contribution is 2.27. The summed E-state index contributed by atoms with van der Waals surface area (Å²) in [7, 11) is 0. The van der Waals surface area contributed by atoms with Gasteiger partial charge in [-0.05, 0) is 36.2 Å². The SMILES string of the molecule is O=C(CCc1ccc(C(=O)O)cc1)Nc1ccc(F)cc1OCCC(F)(F)F. The molecule has 0 saturated heterocycles. The lowest BCUT2D eigenvalue weighted by molar-refractivity contribution is -0.139. The first-order valence-electron chi connectivity index (χ1n) is 8.25. The molecule has 0 atom stereocenters. The van der Waals surface area contributed by atoms with Gasteiger partial charge < -0.3 is 15.2 Å². The zero-order chi connectivity index (χ0) is 20.7. The molecule has 0 spiro atoms. The van der Waals surface area contributed by atoms with Crippen LogP contribution >= 0.6 is 0 Å². The largest absolute Gasteiger partial charge is 0.491 e. The number of aromatic carboxylic acids is 1. The third-order valence-corrected chi connectivity index (χ3v) is 3.70. The van der Waals surface area contributed by atoms with E-state index in [9.17, 15) is 27.2 Å². The van der Waals surface area contributed by atoms with E-state index in [4.69, 9.17) is 9.84 Å². The van der Waals surface area contributed by atoms with Gasteiger partial charge in [-0.2, -0.15) is 13.2 Å². The average molecular weight is 399 g/mol. The number of carbonyl (C=O) groups excluding carboxylic acids is 1. The van der Waals surface area contributed by atoms with E-state index in [1.807, 2.05) is 0 Å². The number of rotatable bonds is 8. The van der Waals surface area contributed by atoms with Crippen LogP contribution in [0.1, 0.15) is 28.8 Å². The molecule has 0 heterocycles. The highest BCUT2D eigenvalue weighted by Gasteiger charge is 2.27. The number of ether oxygens (including phenoxy) is 1. The molecule has 0 aliphatic heterocycles. The Morgan fingerprint density at radius 3 is 2.36 bits per heavy atom. The Morgan fingerprint density at radius 1 is 1.07 bits per heavy atom. The molecule has 0 aromatic heterocycles. The molecule has 150 valence electrons. The first kappa shape index (κ1) is 21.2. The van der Waals surface area contributed by atoms with Crippen LogP contribution in [0.15, 0.2) is 42.5 Å². The molecule has 2 N–H and O–H groups in total. The van der Waals surface area contributed by atoms with Crippen molar-refractivity contribution in [2.45, 2.75) is 25.4 Å². The van der Waals surface area contributed by atoms with E-state index in [-0.39, 0.29) is 23.4 Å². The molecule has 0 radical (unpaired) electrons. The van der Waals surface area contributed by atoms with E-state index < -0.39 is 36.9 Å². The number of anilines is 1. The molecule has 0 bridgehead atoms. The summed E-state index contributed by atoms with van der Waals surface area (Å²) in [4.78, 5) is 22.9. The molecule has 0 aliphatic carbocycles. The molecule has 9 heteroatoms. The lowest BCUT2D eigenvalue weighted by atomic mass is 10.1. The van der Waals surface area contributed by atoms with Crippen LogP contribution < -0.4 is 10.1 Å². The Morgan fingerprint density at radius 2 is 1.75 bits per heavy atom. The number of carbonyl (C=O) groups is 2. The first-order valence-corrected chi connectivity index (χ1v) is 8.25. The zero-order valence-electron chi connectivity index (χ0n) is 14.6. The summed E-state index contributed by atoms with van der Waals surface area (Å²) in [5.41, 5.74) is 0.927. The highest BCUT2D eigenvalue weighted by molar-refractivity contribution is 5.92. The lowest BCUT2D eigenvalue weighted by Crippen LogP contribution is -2.16. The Hall–Kier alpha value is -3.10. The Labute approximate surface area is 157 Å². The van der Waals surface area contributed by atoms with Crippen LogP contribution in [0.3, 0.4) is 0 Å². The van der Waals surface area contributed by atoms with Crippen LogP contribution in [-0.4, -0.2) is 29.8 Å². The van der Waals surface area contributed by atoms with Crippen molar-refractivity contribution >= 4 is 17.6 Å². The molecule has 2 aromatic carbocycles. The van der Waals surface area contributed by atoms with Crippen molar-refractivity contribution in [1.82, 2.24) is 0 Å². The Balaban J connectivity index is 1.94. The maximum atomic E-state index is 13.3. The Kier molecular flexibility index (Phi) is 6.97. The maximum Gasteiger partial charge on any atom is 0.392 e. The van der Waals surface area contributed by atoms with Crippen LogP contribution in [0.4, 0.5) is 23.2 Å². The molecular weight excluding hydrogens is 382 g/mol. The second-order valence-corrected chi connectivity index (χ2v) is 5.90. The lowest BCUT2D eigenvalue weighted by Gasteiger charge is -2.13. The van der Waals surface area contributed by atoms with Gasteiger partial charge in [-0.25, -0.2) is 9.18 Å². The van der Waals surface area contributed by atoms with Crippen LogP contribution in [0.25, 0.3) is 0 Å². The summed E-state index contributed by atoms with van der Waals surface area (Å²) in [5, 5.41) is 11.3. The summed E-state index contributed by atoms with van der Waals surface area (Å²) in [5.74, 6) is -2.41. The van der Waals surface area contributed by atoms with Gasteiger partial charge >= 0.3 is 12.1 Å². The number of amides is 1. The summed E-state index contributed by atoms with van der Waals surface area (Å²) < 4.78 is 55.0. The molecule has 1 amide bonds. The number of alkyl halides is 3. The molecule has 0 unspecified atom stereocenters. The van der Waals surface area contributed by atoms with E-state index in [1.54, 1.807) is 12.1 Å². The molecule has 2 aromatic rings. The summed E-state index contributed by atoms with van der Waals surface area (Å²) in [6.45, 7) is -0.703. The number of hydrogen-bond acceptors (Lipinski definition) is 3. The quantitative estimate of drug-likeness (QED) is 0.644. The van der Waals surface area contributed by atoms with E-state index in [2.05, 4.69) is 5.32 Å². The molecule has 2 rings (SSSR count). The normalized spacial score (nSPS) is 11.1. The second-order valence-electron chi connectivity index (χ2n) is 5.90. The minimum Gasteiger partial charge on any atom is -0.491 e. The van der Waals surface area contributed by atoms with Crippen LogP contribution in [0, 0.1) is 5.82 Å². The third kappa shape index (κ3) is 6.90. The fourth-order valence-corrected chi connectivity index (χ4v) is 2.28. The van der Waals surface area contributed by atoms with Crippen molar-refractivity contribution in [2.24, 2.45) is 0 Å². The van der Waals surface area contributed by atoms with Crippen molar-refractivity contribution in [1.29, 1.82) is 0 Å². The summed E-state index contributed by atoms with van der Waals surface area (Å²) >= 11 is 0. The first-order chi connectivity index (χ1) is 13.1. The summed E-state index contributed by atoms with van der Waals surface area (Å²) in [6, 6.07) is 9.16. The maximum absolute atomic E-state index is 13.3. The molecular formula is C19H17F4NO4. The molecule has 0 saturated carbocycles. The van der Waals surface area contributed by atoms with Crippen molar-refractivity contribution in [3.05, 3.63) is 59.4 Å². The number of aryl methyl sites for hydroxylation is 1. The van der Waals surface area contributed by atoms with Crippen molar-refractivity contribution in [2.75, 3.05) is 11.9 Å². The standard InChI is InChI=1S/C19H17F4NO4/c20-14-6-7-15(16(11-14)28-10-9-19(21,22)23)24-17(25)8-3-12-1-4-13(5-2-12)18(26)27/h1-2,4-7,11H,3,8-10H2,(H,24,25)(H,26,27). The van der Waals surface area contributed by atoms with Gasteiger partial charge in [-0.15, -0.1) is 0 Å². The van der Waals surface area contributed by atoms with Crippen molar-refractivity contribution in [3.63, 3.8) is 0 Å². The average Bonchev–Trinajstić information content (AvgIpc) is 2.61. The number of benzene rings is 2. The van der Waals surface area contributed by atoms with Crippen LogP contribution in [0.5, 0.6) is 5.75 Å². The predicted octanol–water partition coefficient (Wildman–Crippen LogP) is 4.43. The van der Waals surface area contributed by atoms with Gasteiger partial charge in [0.25, 0.3) is 0 Å². The third-order valence-electron chi connectivity index (χ3n) is 3.70. The predicted molar refractivity (Wildman–Crippen MR) is 92.9 cm³/mol.